The standard InChI is InChI=1S/C22H37N5O3.HI/c1-8-14-27(21(29)30-22(2,3)4)15-13-24-20(23-5)25-16-17-9-11-18(12-10-17)19(28)26(6)7;/h9-12H,8,13-16H2,1-7H3,(H2,23,24,25);1H. The van der Waals surface area contributed by atoms with Gasteiger partial charge in [0.2, 0.25) is 0 Å². The minimum atomic E-state index is -0.513. The number of halogens is 1. The molecule has 0 saturated carbocycles. The van der Waals surface area contributed by atoms with E-state index in [0.29, 0.717) is 37.7 Å². The van der Waals surface area contributed by atoms with Gasteiger partial charge in [0, 0.05) is 52.9 Å². The van der Waals surface area contributed by atoms with Gasteiger partial charge >= 0.3 is 6.09 Å². The molecule has 2 N–H and O–H groups in total. The summed E-state index contributed by atoms with van der Waals surface area (Å²) in [5.41, 5.74) is 1.18. The molecule has 0 spiro atoms. The Hall–Kier alpha value is -2.04. The van der Waals surface area contributed by atoms with E-state index in [1.807, 2.05) is 52.0 Å². The summed E-state index contributed by atoms with van der Waals surface area (Å²) in [4.78, 5) is 31.8. The van der Waals surface area contributed by atoms with E-state index in [9.17, 15) is 9.59 Å². The molecule has 8 nitrogen and oxygen atoms in total. The number of ether oxygens (including phenoxy) is 1. The first-order valence-electron chi connectivity index (χ1n) is 10.3. The highest BCUT2D eigenvalue weighted by Crippen LogP contribution is 2.10. The molecule has 0 aliphatic carbocycles. The van der Waals surface area contributed by atoms with Crippen LogP contribution in [0.5, 0.6) is 0 Å². The molecule has 0 radical (unpaired) electrons. The molecule has 176 valence electrons. The molecule has 1 aromatic carbocycles. The van der Waals surface area contributed by atoms with E-state index in [1.165, 1.54) is 0 Å². The molecular formula is C22H38IN5O3. The van der Waals surface area contributed by atoms with Gasteiger partial charge in [-0.05, 0) is 44.9 Å². The predicted octanol–water partition coefficient (Wildman–Crippen LogP) is 3.32. The summed E-state index contributed by atoms with van der Waals surface area (Å²) in [6, 6.07) is 7.48. The Morgan fingerprint density at radius 1 is 1.06 bits per heavy atom. The van der Waals surface area contributed by atoms with Gasteiger partial charge in [-0.2, -0.15) is 0 Å². The Morgan fingerprint density at radius 3 is 2.16 bits per heavy atom. The molecule has 1 rings (SSSR count). The fourth-order valence-corrected chi connectivity index (χ4v) is 2.63. The number of hydrogen-bond donors (Lipinski definition) is 2. The Labute approximate surface area is 203 Å². The molecule has 31 heavy (non-hydrogen) atoms. The summed E-state index contributed by atoms with van der Waals surface area (Å²) in [7, 11) is 5.17. The maximum Gasteiger partial charge on any atom is 0.410 e. The van der Waals surface area contributed by atoms with Gasteiger partial charge in [-0.25, -0.2) is 4.79 Å². The normalized spacial score (nSPS) is 11.3. The SMILES string of the molecule is CCCN(CCNC(=NC)NCc1ccc(C(=O)N(C)C)cc1)C(=O)OC(C)(C)C.I. The van der Waals surface area contributed by atoms with E-state index < -0.39 is 5.60 Å². The Kier molecular flexibility index (Phi) is 13.2. The second-order valence-corrected chi connectivity index (χ2v) is 8.22. The first kappa shape index (κ1) is 29.0. The van der Waals surface area contributed by atoms with Crippen molar-refractivity contribution in [2.24, 2.45) is 4.99 Å². The topological polar surface area (TPSA) is 86.3 Å². The monoisotopic (exact) mass is 547 g/mol. The van der Waals surface area contributed by atoms with E-state index in [-0.39, 0.29) is 36.0 Å². The summed E-state index contributed by atoms with van der Waals surface area (Å²) in [5, 5.41) is 6.46. The second kappa shape index (κ2) is 14.1. The average molecular weight is 547 g/mol. The zero-order valence-electron chi connectivity index (χ0n) is 19.8. The summed E-state index contributed by atoms with van der Waals surface area (Å²) < 4.78 is 5.47. The summed E-state index contributed by atoms with van der Waals surface area (Å²) >= 11 is 0. The van der Waals surface area contributed by atoms with Crippen LogP contribution in [0.4, 0.5) is 4.79 Å². The molecule has 0 aliphatic rings. The molecule has 0 aliphatic heterocycles. The number of nitrogens with zero attached hydrogens (tertiary/aromatic N) is 3. The highest BCUT2D eigenvalue weighted by atomic mass is 127. The molecule has 0 aromatic heterocycles. The Bertz CT molecular complexity index is 715. The molecule has 9 heteroatoms. The van der Waals surface area contributed by atoms with Crippen LogP contribution < -0.4 is 10.6 Å². The van der Waals surface area contributed by atoms with Crippen LogP contribution in [0, 0.1) is 0 Å². The lowest BCUT2D eigenvalue weighted by atomic mass is 10.1. The maximum absolute atomic E-state index is 12.3. The largest absolute Gasteiger partial charge is 0.444 e. The van der Waals surface area contributed by atoms with E-state index in [2.05, 4.69) is 15.6 Å². The zero-order chi connectivity index (χ0) is 22.7. The van der Waals surface area contributed by atoms with E-state index >= 15 is 0 Å². The number of amides is 2. The van der Waals surface area contributed by atoms with Crippen molar-refractivity contribution >= 4 is 41.9 Å². The minimum Gasteiger partial charge on any atom is -0.444 e. The highest BCUT2D eigenvalue weighted by Gasteiger charge is 2.21. The fraction of sp³-hybridized carbons (Fsp3) is 0.591. The number of nitrogens with one attached hydrogen (secondary N) is 2. The highest BCUT2D eigenvalue weighted by molar-refractivity contribution is 14.0. The van der Waals surface area contributed by atoms with Gasteiger partial charge in [-0.1, -0.05) is 19.1 Å². The number of hydrogen-bond acceptors (Lipinski definition) is 4. The van der Waals surface area contributed by atoms with Crippen LogP contribution in [0.2, 0.25) is 0 Å². The number of benzene rings is 1. The van der Waals surface area contributed by atoms with Crippen molar-refractivity contribution in [2.45, 2.75) is 46.3 Å². The van der Waals surface area contributed by atoms with Gasteiger partial charge in [0.1, 0.15) is 5.60 Å². The van der Waals surface area contributed by atoms with Crippen molar-refractivity contribution in [1.29, 1.82) is 0 Å². The van der Waals surface area contributed by atoms with Crippen molar-refractivity contribution in [3.05, 3.63) is 35.4 Å². The number of carbonyl (C=O) groups is 2. The van der Waals surface area contributed by atoms with Crippen molar-refractivity contribution in [3.8, 4) is 0 Å². The molecule has 0 heterocycles. The quantitative estimate of drug-likeness (QED) is 0.297. The summed E-state index contributed by atoms with van der Waals surface area (Å²) in [5.74, 6) is 0.623. The molecule has 0 atom stereocenters. The lowest BCUT2D eigenvalue weighted by Gasteiger charge is -2.27. The third kappa shape index (κ3) is 11.2. The van der Waals surface area contributed by atoms with Crippen molar-refractivity contribution in [2.75, 3.05) is 40.8 Å². The van der Waals surface area contributed by atoms with Crippen LogP contribution in [-0.4, -0.2) is 74.1 Å². The molecule has 0 saturated heterocycles. The van der Waals surface area contributed by atoms with Crippen molar-refractivity contribution in [3.63, 3.8) is 0 Å². The average Bonchev–Trinajstić information content (AvgIpc) is 2.68. The third-order valence-electron chi connectivity index (χ3n) is 4.11. The molecule has 0 unspecified atom stereocenters. The second-order valence-electron chi connectivity index (χ2n) is 8.22. The van der Waals surface area contributed by atoms with E-state index in [0.717, 1.165) is 12.0 Å². The molecule has 0 fully saturated rings. The smallest absolute Gasteiger partial charge is 0.410 e. The minimum absolute atomic E-state index is 0. The predicted molar refractivity (Wildman–Crippen MR) is 136 cm³/mol. The van der Waals surface area contributed by atoms with Gasteiger partial charge in [0.25, 0.3) is 5.91 Å². The van der Waals surface area contributed by atoms with Crippen LogP contribution in [0.25, 0.3) is 0 Å². The lowest BCUT2D eigenvalue weighted by Crippen LogP contribution is -2.44. The van der Waals surface area contributed by atoms with Gasteiger partial charge in [-0.3, -0.25) is 9.79 Å². The van der Waals surface area contributed by atoms with Crippen LogP contribution in [0.1, 0.15) is 50.0 Å². The van der Waals surface area contributed by atoms with Crippen LogP contribution >= 0.6 is 24.0 Å². The van der Waals surface area contributed by atoms with Gasteiger partial charge in [0.05, 0.1) is 0 Å². The van der Waals surface area contributed by atoms with E-state index in [4.69, 9.17) is 4.74 Å². The number of carbonyl (C=O) groups excluding carboxylic acids is 2. The lowest BCUT2D eigenvalue weighted by molar-refractivity contribution is 0.0253. The summed E-state index contributed by atoms with van der Waals surface area (Å²) in [6.45, 7) is 9.90. The molecule has 2 amide bonds. The Balaban J connectivity index is 0.00000900. The van der Waals surface area contributed by atoms with Crippen LogP contribution in [-0.2, 0) is 11.3 Å². The number of guanidine groups is 1. The summed E-state index contributed by atoms with van der Waals surface area (Å²) in [6.07, 6.45) is 0.555. The van der Waals surface area contributed by atoms with Crippen molar-refractivity contribution < 1.29 is 14.3 Å². The van der Waals surface area contributed by atoms with Gasteiger partial charge in [0.15, 0.2) is 5.96 Å². The van der Waals surface area contributed by atoms with Gasteiger partial charge < -0.3 is 25.2 Å². The fourth-order valence-electron chi connectivity index (χ4n) is 2.63. The van der Waals surface area contributed by atoms with Crippen molar-refractivity contribution in [1.82, 2.24) is 20.4 Å². The molecule has 1 aromatic rings. The third-order valence-corrected chi connectivity index (χ3v) is 4.11. The number of aliphatic imine (C=N–C) groups is 1. The van der Waals surface area contributed by atoms with E-state index in [1.54, 1.807) is 30.9 Å². The Morgan fingerprint density at radius 2 is 1.68 bits per heavy atom. The zero-order valence-corrected chi connectivity index (χ0v) is 22.1. The molecule has 0 bridgehead atoms. The first-order chi connectivity index (χ1) is 14.1. The van der Waals surface area contributed by atoms with Crippen LogP contribution in [0.15, 0.2) is 29.3 Å². The first-order valence-corrected chi connectivity index (χ1v) is 10.3. The molecular weight excluding hydrogens is 509 g/mol. The van der Waals surface area contributed by atoms with Crippen LogP contribution in [0.3, 0.4) is 0 Å². The number of rotatable bonds is 8. The van der Waals surface area contributed by atoms with Gasteiger partial charge in [-0.15, -0.1) is 24.0 Å². The maximum atomic E-state index is 12.3.